The van der Waals surface area contributed by atoms with E-state index in [0.717, 1.165) is 38.6 Å². The van der Waals surface area contributed by atoms with Crippen LogP contribution < -0.4 is 0 Å². The lowest BCUT2D eigenvalue weighted by Gasteiger charge is -2.08. The molecule has 0 atom stereocenters. The number of aromatic nitrogens is 4. The fourth-order valence-corrected chi connectivity index (χ4v) is 3.98. The van der Waals surface area contributed by atoms with Gasteiger partial charge in [-0.3, -0.25) is 14.8 Å². The lowest BCUT2D eigenvalue weighted by atomic mass is 10.0. The monoisotopic (exact) mass is 400 g/mol. The van der Waals surface area contributed by atoms with Crippen molar-refractivity contribution in [3.05, 3.63) is 82.8 Å². The summed E-state index contributed by atoms with van der Waals surface area (Å²) in [6.45, 7) is 4.01. The molecular formula is C23H20N4OS. The minimum atomic E-state index is 0.0103. The van der Waals surface area contributed by atoms with Gasteiger partial charge in [-0.05, 0) is 43.5 Å². The highest BCUT2D eigenvalue weighted by atomic mass is 32.1. The summed E-state index contributed by atoms with van der Waals surface area (Å²) in [5.74, 6) is 0.0103. The Morgan fingerprint density at radius 1 is 0.966 bits per heavy atom. The molecule has 1 aromatic carbocycles. The summed E-state index contributed by atoms with van der Waals surface area (Å²) in [5.41, 5.74) is 6.07. The summed E-state index contributed by atoms with van der Waals surface area (Å²) in [7, 11) is 0. The van der Waals surface area contributed by atoms with Gasteiger partial charge in [0.1, 0.15) is 5.01 Å². The quantitative estimate of drug-likeness (QED) is 0.422. The van der Waals surface area contributed by atoms with Crippen LogP contribution in [0, 0.1) is 13.8 Å². The molecule has 0 aliphatic rings. The molecule has 0 spiro atoms. The number of nitrogens with zero attached hydrogens (tertiary/aromatic N) is 4. The number of carbonyl (C=O) groups is 1. The lowest BCUT2D eigenvalue weighted by Crippen LogP contribution is -2.02. The average Bonchev–Trinajstić information content (AvgIpc) is 3.23. The van der Waals surface area contributed by atoms with Crippen LogP contribution in [0.25, 0.3) is 21.8 Å². The van der Waals surface area contributed by atoms with Crippen molar-refractivity contribution in [1.29, 1.82) is 0 Å². The topological polar surface area (TPSA) is 68.6 Å². The van der Waals surface area contributed by atoms with Crippen molar-refractivity contribution in [2.24, 2.45) is 0 Å². The van der Waals surface area contributed by atoms with Gasteiger partial charge in [0.25, 0.3) is 0 Å². The van der Waals surface area contributed by atoms with Gasteiger partial charge in [0, 0.05) is 35.6 Å². The molecule has 0 saturated heterocycles. The highest BCUT2D eigenvalue weighted by molar-refractivity contribution is 7.16. The summed E-state index contributed by atoms with van der Waals surface area (Å²) in [6, 6.07) is 15.9. The molecule has 0 aliphatic carbocycles. The first-order valence-corrected chi connectivity index (χ1v) is 10.2. The second kappa shape index (κ2) is 8.41. The van der Waals surface area contributed by atoms with E-state index in [4.69, 9.17) is 0 Å². The van der Waals surface area contributed by atoms with Crippen LogP contribution >= 0.6 is 11.3 Å². The largest absolute Gasteiger partial charge is 0.291 e. The first kappa shape index (κ1) is 19.1. The Morgan fingerprint density at radius 3 is 2.55 bits per heavy atom. The third-order valence-corrected chi connectivity index (χ3v) is 5.64. The van der Waals surface area contributed by atoms with E-state index in [1.54, 1.807) is 6.20 Å². The Morgan fingerprint density at radius 2 is 1.79 bits per heavy atom. The van der Waals surface area contributed by atoms with Gasteiger partial charge >= 0.3 is 0 Å². The number of hydrogen-bond acceptors (Lipinski definition) is 6. The molecule has 4 aromatic rings. The lowest BCUT2D eigenvalue weighted by molar-refractivity contribution is 0.0981. The SMILES string of the molecule is Cc1cc(-c2ncc(CCC(=O)c3nnc(-c4ccccc4)s3)cc2C)ccn1. The maximum Gasteiger partial charge on any atom is 0.193 e. The van der Waals surface area contributed by atoms with Crippen LogP contribution in [-0.4, -0.2) is 25.9 Å². The van der Waals surface area contributed by atoms with Crippen LogP contribution in [0.4, 0.5) is 0 Å². The van der Waals surface area contributed by atoms with Crippen molar-refractivity contribution in [2.75, 3.05) is 0 Å². The fourth-order valence-electron chi connectivity index (χ4n) is 3.16. The molecule has 0 aliphatic heterocycles. The van der Waals surface area contributed by atoms with E-state index in [2.05, 4.69) is 26.2 Å². The Labute approximate surface area is 173 Å². The highest BCUT2D eigenvalue weighted by Crippen LogP contribution is 2.25. The van der Waals surface area contributed by atoms with E-state index in [1.165, 1.54) is 11.3 Å². The van der Waals surface area contributed by atoms with Crippen molar-refractivity contribution in [1.82, 2.24) is 20.2 Å². The van der Waals surface area contributed by atoms with Crippen LogP contribution in [0.2, 0.25) is 0 Å². The van der Waals surface area contributed by atoms with Crippen molar-refractivity contribution >= 4 is 17.1 Å². The maximum absolute atomic E-state index is 12.6. The molecule has 3 aromatic heterocycles. The van der Waals surface area contributed by atoms with E-state index in [1.807, 2.05) is 62.5 Å². The molecule has 3 heterocycles. The van der Waals surface area contributed by atoms with Crippen molar-refractivity contribution < 1.29 is 4.79 Å². The average molecular weight is 401 g/mol. The normalized spacial score (nSPS) is 10.8. The second-order valence-electron chi connectivity index (χ2n) is 6.90. The number of carbonyl (C=O) groups excluding carboxylic acids is 1. The van der Waals surface area contributed by atoms with Crippen molar-refractivity contribution in [2.45, 2.75) is 26.7 Å². The number of pyridine rings is 2. The Kier molecular flexibility index (Phi) is 5.53. The highest BCUT2D eigenvalue weighted by Gasteiger charge is 2.14. The fraction of sp³-hybridized carbons (Fsp3) is 0.174. The van der Waals surface area contributed by atoms with Gasteiger partial charge in [-0.1, -0.05) is 47.7 Å². The van der Waals surface area contributed by atoms with E-state index in [9.17, 15) is 4.79 Å². The van der Waals surface area contributed by atoms with Crippen LogP contribution in [0.3, 0.4) is 0 Å². The molecule has 0 unspecified atom stereocenters. The maximum atomic E-state index is 12.6. The number of rotatable bonds is 6. The van der Waals surface area contributed by atoms with Crippen LogP contribution in [0.15, 0.2) is 60.9 Å². The zero-order valence-electron chi connectivity index (χ0n) is 16.3. The first-order chi connectivity index (χ1) is 14.1. The predicted molar refractivity (Wildman–Crippen MR) is 115 cm³/mol. The van der Waals surface area contributed by atoms with Crippen LogP contribution in [0.5, 0.6) is 0 Å². The summed E-state index contributed by atoms with van der Waals surface area (Å²) in [6.07, 6.45) is 4.66. The second-order valence-corrected chi connectivity index (χ2v) is 7.87. The predicted octanol–water partition coefficient (Wildman–Crippen LogP) is 5.09. The van der Waals surface area contributed by atoms with Gasteiger partial charge in [-0.25, -0.2) is 0 Å². The molecule has 0 saturated carbocycles. The van der Waals surface area contributed by atoms with E-state index in [0.29, 0.717) is 17.8 Å². The molecule has 29 heavy (non-hydrogen) atoms. The molecule has 6 heteroatoms. The van der Waals surface area contributed by atoms with Gasteiger partial charge in [0.2, 0.25) is 0 Å². The summed E-state index contributed by atoms with van der Waals surface area (Å²) in [4.78, 5) is 21.4. The Balaban J connectivity index is 1.43. The minimum absolute atomic E-state index is 0.0103. The van der Waals surface area contributed by atoms with E-state index >= 15 is 0 Å². The zero-order valence-corrected chi connectivity index (χ0v) is 17.1. The van der Waals surface area contributed by atoms with E-state index < -0.39 is 0 Å². The molecule has 0 bridgehead atoms. The molecule has 144 valence electrons. The van der Waals surface area contributed by atoms with Gasteiger partial charge < -0.3 is 0 Å². The molecule has 0 radical (unpaired) electrons. The molecule has 0 amide bonds. The molecule has 0 fully saturated rings. The van der Waals surface area contributed by atoms with Crippen molar-refractivity contribution in [3.63, 3.8) is 0 Å². The number of hydrogen-bond donors (Lipinski definition) is 0. The number of aryl methyl sites for hydroxylation is 3. The van der Waals surface area contributed by atoms with E-state index in [-0.39, 0.29) is 5.78 Å². The summed E-state index contributed by atoms with van der Waals surface area (Å²) >= 11 is 1.34. The molecule has 4 rings (SSSR count). The van der Waals surface area contributed by atoms with Crippen LogP contribution in [0.1, 0.15) is 33.0 Å². The number of benzene rings is 1. The minimum Gasteiger partial charge on any atom is -0.291 e. The molecular weight excluding hydrogens is 380 g/mol. The van der Waals surface area contributed by atoms with Gasteiger partial charge in [0.15, 0.2) is 10.8 Å². The standard InChI is InChI=1S/C23H20N4OS/c1-15-12-17(14-25-21(15)19-10-11-24-16(2)13-19)8-9-20(28)23-27-26-22(29-23)18-6-4-3-5-7-18/h3-7,10-14H,8-9H2,1-2H3. The smallest absolute Gasteiger partial charge is 0.193 e. The van der Waals surface area contributed by atoms with Gasteiger partial charge in [0.05, 0.1) is 5.69 Å². The summed E-state index contributed by atoms with van der Waals surface area (Å²) in [5, 5.41) is 9.46. The number of Topliss-reactive ketones (excluding diaryl/α,β-unsaturated/α-hetero) is 1. The summed E-state index contributed by atoms with van der Waals surface area (Å²) < 4.78 is 0. The first-order valence-electron chi connectivity index (χ1n) is 9.41. The zero-order chi connectivity index (χ0) is 20.2. The number of ketones is 1. The molecule has 5 nitrogen and oxygen atoms in total. The van der Waals surface area contributed by atoms with Crippen molar-refractivity contribution in [3.8, 4) is 21.8 Å². The Hall–Kier alpha value is -3.25. The molecule has 0 N–H and O–H groups in total. The van der Waals surface area contributed by atoms with Gasteiger partial charge in [-0.15, -0.1) is 10.2 Å². The van der Waals surface area contributed by atoms with Gasteiger partial charge in [-0.2, -0.15) is 0 Å². The van der Waals surface area contributed by atoms with Crippen LogP contribution in [-0.2, 0) is 6.42 Å². The Bertz CT molecular complexity index is 1150. The third-order valence-electron chi connectivity index (χ3n) is 4.63. The third kappa shape index (κ3) is 4.43.